The zero-order valence-electron chi connectivity index (χ0n) is 13.7. The van der Waals surface area contributed by atoms with E-state index >= 15 is 0 Å². The highest BCUT2D eigenvalue weighted by molar-refractivity contribution is 5.63. The fourth-order valence-electron chi connectivity index (χ4n) is 2.43. The second-order valence-corrected chi connectivity index (χ2v) is 5.60. The van der Waals surface area contributed by atoms with Crippen LogP contribution < -0.4 is 0 Å². The molecule has 0 fully saturated rings. The second-order valence-electron chi connectivity index (χ2n) is 5.60. The molecule has 25 heavy (non-hydrogen) atoms. The summed E-state index contributed by atoms with van der Waals surface area (Å²) in [6.07, 6.45) is 3.45. The normalized spacial score (nSPS) is 10.6. The molecule has 0 amide bonds. The zero-order chi connectivity index (χ0) is 17.1. The Morgan fingerprint density at radius 3 is 1.56 bits per heavy atom. The minimum atomic E-state index is 0.534. The smallest absolute Gasteiger partial charge is 0.182 e. The van der Waals surface area contributed by atoms with E-state index in [9.17, 15) is 0 Å². The average molecular weight is 325 g/mol. The average Bonchev–Trinajstić information content (AvgIpc) is 2.69. The summed E-state index contributed by atoms with van der Waals surface area (Å²) in [5.41, 5.74) is 3.53. The van der Waals surface area contributed by atoms with Crippen LogP contribution in [0.3, 0.4) is 0 Å². The minimum Gasteiger partial charge on any atom is -0.253 e. The van der Waals surface area contributed by atoms with Crippen LogP contribution in [0.15, 0.2) is 73.1 Å². The molecule has 5 heteroatoms. The zero-order valence-corrected chi connectivity index (χ0v) is 13.7. The summed E-state index contributed by atoms with van der Waals surface area (Å²) in [5.74, 6) is 1.68. The van der Waals surface area contributed by atoms with Gasteiger partial charge in [-0.05, 0) is 31.2 Å². The molecule has 0 radical (unpaired) electrons. The van der Waals surface area contributed by atoms with E-state index in [-0.39, 0.29) is 0 Å². The first kappa shape index (κ1) is 15.1. The molecule has 5 nitrogen and oxygen atoms in total. The molecular weight excluding hydrogens is 310 g/mol. The van der Waals surface area contributed by atoms with Gasteiger partial charge in [-0.2, -0.15) is 0 Å². The van der Waals surface area contributed by atoms with E-state index in [1.165, 1.54) is 5.56 Å². The monoisotopic (exact) mass is 325 g/mol. The van der Waals surface area contributed by atoms with Gasteiger partial charge in [-0.3, -0.25) is 9.97 Å². The Balaban J connectivity index is 1.90. The highest BCUT2D eigenvalue weighted by atomic mass is 15.1. The maximum absolute atomic E-state index is 4.62. The maximum Gasteiger partial charge on any atom is 0.182 e. The van der Waals surface area contributed by atoms with Gasteiger partial charge in [-0.25, -0.2) is 15.0 Å². The summed E-state index contributed by atoms with van der Waals surface area (Å²) < 4.78 is 0. The number of aromatic nitrogens is 5. The van der Waals surface area contributed by atoms with E-state index in [1.807, 2.05) is 60.7 Å². The van der Waals surface area contributed by atoms with Crippen molar-refractivity contribution >= 4 is 0 Å². The predicted molar refractivity (Wildman–Crippen MR) is 96.5 cm³/mol. The van der Waals surface area contributed by atoms with Crippen molar-refractivity contribution in [2.24, 2.45) is 0 Å². The first-order valence-corrected chi connectivity index (χ1v) is 7.95. The summed E-state index contributed by atoms with van der Waals surface area (Å²) in [6.45, 7) is 2.05. The summed E-state index contributed by atoms with van der Waals surface area (Å²) >= 11 is 0. The quantitative estimate of drug-likeness (QED) is 0.570. The van der Waals surface area contributed by atoms with E-state index in [0.717, 1.165) is 5.56 Å². The highest BCUT2D eigenvalue weighted by Gasteiger charge is 2.13. The molecule has 3 aromatic heterocycles. The number of aryl methyl sites for hydroxylation is 1. The van der Waals surface area contributed by atoms with Gasteiger partial charge in [0.1, 0.15) is 11.4 Å². The number of nitrogens with zero attached hydrogens (tertiary/aromatic N) is 5. The molecule has 4 rings (SSSR count). The molecule has 3 heterocycles. The molecule has 0 saturated carbocycles. The highest BCUT2D eigenvalue weighted by Crippen LogP contribution is 2.22. The fourth-order valence-corrected chi connectivity index (χ4v) is 2.43. The largest absolute Gasteiger partial charge is 0.253 e. The van der Waals surface area contributed by atoms with Crippen molar-refractivity contribution in [1.82, 2.24) is 24.9 Å². The van der Waals surface area contributed by atoms with Gasteiger partial charge < -0.3 is 0 Å². The molecule has 0 unspecified atom stereocenters. The van der Waals surface area contributed by atoms with Crippen LogP contribution in [0.4, 0.5) is 0 Å². The van der Waals surface area contributed by atoms with E-state index in [4.69, 9.17) is 0 Å². The van der Waals surface area contributed by atoms with Crippen molar-refractivity contribution in [2.45, 2.75) is 6.92 Å². The van der Waals surface area contributed by atoms with Crippen LogP contribution in [-0.4, -0.2) is 24.9 Å². The lowest BCUT2D eigenvalue weighted by Gasteiger charge is -2.07. The topological polar surface area (TPSA) is 64.5 Å². The first-order valence-electron chi connectivity index (χ1n) is 7.95. The molecule has 4 aromatic rings. The van der Waals surface area contributed by atoms with Gasteiger partial charge in [0.15, 0.2) is 17.5 Å². The first-order chi connectivity index (χ1) is 12.3. The van der Waals surface area contributed by atoms with Gasteiger partial charge in [0.05, 0.1) is 0 Å². The lowest BCUT2D eigenvalue weighted by Crippen LogP contribution is -2.01. The fraction of sp³-hybridized carbons (Fsp3) is 0.0500. The molecule has 0 aliphatic carbocycles. The van der Waals surface area contributed by atoms with Crippen LogP contribution >= 0.6 is 0 Å². The number of benzene rings is 1. The third-order valence-electron chi connectivity index (χ3n) is 3.73. The van der Waals surface area contributed by atoms with Gasteiger partial charge >= 0.3 is 0 Å². The second kappa shape index (κ2) is 6.57. The van der Waals surface area contributed by atoms with E-state index < -0.39 is 0 Å². The number of pyridine rings is 2. The Kier molecular flexibility index (Phi) is 3.96. The summed E-state index contributed by atoms with van der Waals surface area (Å²) in [4.78, 5) is 22.5. The molecule has 0 saturated heterocycles. The van der Waals surface area contributed by atoms with Gasteiger partial charge in [0, 0.05) is 18.0 Å². The maximum atomic E-state index is 4.62. The standard InChI is InChI=1S/C20H15N5/c1-14-8-10-15(11-9-14)18-23-19(16-6-2-4-12-21-16)25-20(24-18)17-7-3-5-13-22-17/h2-13H,1H3. The molecule has 0 bridgehead atoms. The molecule has 1 aromatic carbocycles. The van der Waals surface area contributed by atoms with Crippen molar-refractivity contribution in [3.05, 3.63) is 78.6 Å². The van der Waals surface area contributed by atoms with Crippen molar-refractivity contribution in [3.8, 4) is 34.4 Å². The SMILES string of the molecule is Cc1ccc(-c2nc(-c3ccccn3)nc(-c3ccccn3)n2)cc1. The summed E-state index contributed by atoms with van der Waals surface area (Å²) in [5, 5.41) is 0. The van der Waals surface area contributed by atoms with E-state index in [2.05, 4.69) is 31.8 Å². The van der Waals surface area contributed by atoms with Gasteiger partial charge in [-0.1, -0.05) is 42.0 Å². The van der Waals surface area contributed by atoms with Gasteiger partial charge in [-0.15, -0.1) is 0 Å². The van der Waals surface area contributed by atoms with Crippen LogP contribution in [0, 0.1) is 6.92 Å². The lowest BCUT2D eigenvalue weighted by molar-refractivity contribution is 1.05. The molecule has 0 spiro atoms. The Morgan fingerprint density at radius 2 is 1.08 bits per heavy atom. The summed E-state index contributed by atoms with van der Waals surface area (Å²) in [6, 6.07) is 19.4. The van der Waals surface area contributed by atoms with Crippen molar-refractivity contribution in [2.75, 3.05) is 0 Å². The molecule has 0 N–H and O–H groups in total. The van der Waals surface area contributed by atoms with Crippen LogP contribution in [0.2, 0.25) is 0 Å². The Labute approximate surface area is 145 Å². The Hall–Kier alpha value is -3.47. The van der Waals surface area contributed by atoms with Gasteiger partial charge in [0.2, 0.25) is 0 Å². The Morgan fingerprint density at radius 1 is 0.560 bits per heavy atom. The van der Waals surface area contributed by atoms with Crippen molar-refractivity contribution in [3.63, 3.8) is 0 Å². The van der Waals surface area contributed by atoms with Crippen molar-refractivity contribution < 1.29 is 0 Å². The van der Waals surface area contributed by atoms with E-state index in [0.29, 0.717) is 28.9 Å². The van der Waals surface area contributed by atoms with Crippen LogP contribution in [-0.2, 0) is 0 Å². The molecule has 0 atom stereocenters. The van der Waals surface area contributed by atoms with E-state index in [1.54, 1.807) is 12.4 Å². The minimum absolute atomic E-state index is 0.534. The molecule has 0 aliphatic heterocycles. The number of hydrogen-bond donors (Lipinski definition) is 0. The third kappa shape index (κ3) is 3.26. The van der Waals surface area contributed by atoms with Crippen molar-refractivity contribution in [1.29, 1.82) is 0 Å². The molecule has 120 valence electrons. The van der Waals surface area contributed by atoms with Crippen LogP contribution in [0.25, 0.3) is 34.4 Å². The van der Waals surface area contributed by atoms with Crippen LogP contribution in [0.1, 0.15) is 5.56 Å². The van der Waals surface area contributed by atoms with Crippen LogP contribution in [0.5, 0.6) is 0 Å². The molecular formula is C20H15N5. The summed E-state index contributed by atoms with van der Waals surface area (Å²) in [7, 11) is 0. The van der Waals surface area contributed by atoms with Gasteiger partial charge in [0.25, 0.3) is 0 Å². The number of hydrogen-bond acceptors (Lipinski definition) is 5. The lowest BCUT2D eigenvalue weighted by atomic mass is 10.1. The number of rotatable bonds is 3. The predicted octanol–water partition coefficient (Wildman–Crippen LogP) is 3.97. The third-order valence-corrected chi connectivity index (χ3v) is 3.73. The Bertz CT molecular complexity index is 926. The molecule has 0 aliphatic rings.